The van der Waals surface area contributed by atoms with Crippen LogP contribution in [0.3, 0.4) is 0 Å². The lowest BCUT2D eigenvalue weighted by Gasteiger charge is -2.13. The Kier molecular flexibility index (Phi) is 7.89. The first-order chi connectivity index (χ1) is 18.0. The Labute approximate surface area is 228 Å². The van der Waals surface area contributed by atoms with E-state index in [0.29, 0.717) is 27.2 Å². The van der Waals surface area contributed by atoms with Gasteiger partial charge in [-0.25, -0.2) is 0 Å². The van der Waals surface area contributed by atoms with Gasteiger partial charge >= 0.3 is 0 Å². The molecule has 0 radical (unpaired) electrons. The smallest absolute Gasteiger partial charge is 0.297 e. The van der Waals surface area contributed by atoms with E-state index in [4.69, 9.17) is 27.9 Å². The molecule has 3 N–H and O–H groups in total. The lowest BCUT2D eigenvalue weighted by Crippen LogP contribution is -2.13. The summed E-state index contributed by atoms with van der Waals surface area (Å²) in [6, 6.07) is 15.7. The number of azo groups is 1. The highest BCUT2D eigenvalue weighted by atomic mass is 35.5. The molecule has 4 aromatic rings. The highest BCUT2D eigenvalue weighted by Gasteiger charge is 2.23. The van der Waals surface area contributed by atoms with Crippen molar-refractivity contribution in [1.82, 2.24) is 0 Å². The number of anilines is 1. The van der Waals surface area contributed by atoms with Crippen molar-refractivity contribution in [1.29, 1.82) is 0 Å². The maximum Gasteiger partial charge on any atom is 0.297 e. The van der Waals surface area contributed by atoms with Gasteiger partial charge in [-0.2, -0.15) is 8.42 Å². The average molecular weight is 574 g/mol. The van der Waals surface area contributed by atoms with Crippen LogP contribution in [0, 0.1) is 0 Å². The van der Waals surface area contributed by atoms with Crippen molar-refractivity contribution in [3.63, 3.8) is 0 Å². The number of aromatic hydroxyl groups is 1. The zero-order chi connectivity index (χ0) is 27.6. The Hall–Kier alpha value is -3.70. The maximum atomic E-state index is 13.2. The summed E-state index contributed by atoms with van der Waals surface area (Å²) in [4.78, 5) is 12.7. The summed E-state index contributed by atoms with van der Waals surface area (Å²) in [5, 5.41) is 23.5. The number of nitrogens with one attached hydrogen (secondary N) is 1. The predicted octanol–water partition coefficient (Wildman–Crippen LogP) is 7.34. The molecule has 0 saturated carbocycles. The fourth-order valence-electron chi connectivity index (χ4n) is 3.94. The van der Waals surface area contributed by atoms with Crippen molar-refractivity contribution in [2.45, 2.75) is 18.2 Å². The van der Waals surface area contributed by atoms with Crippen molar-refractivity contribution < 1.29 is 27.6 Å². The first-order valence-electron chi connectivity index (χ1n) is 11.1. The molecule has 0 aliphatic rings. The largest absolute Gasteiger partial charge is 0.505 e. The number of carbonyl (C=O) groups is 1. The summed E-state index contributed by atoms with van der Waals surface area (Å²) in [5.41, 5.74) is 0.118. The fourth-order valence-corrected chi connectivity index (χ4v) is 5.39. The average Bonchev–Trinajstić information content (AvgIpc) is 2.88. The molecule has 1 amide bonds. The van der Waals surface area contributed by atoms with E-state index in [2.05, 4.69) is 15.5 Å². The Morgan fingerprint density at radius 3 is 2.47 bits per heavy atom. The van der Waals surface area contributed by atoms with E-state index >= 15 is 0 Å². The SMILES string of the molecule is CCc1c(Cl)ccc(N=Nc2c(O)c(C(=O)Nc3ccc(Cl)cc3OC)cc3ccccc23)c1S(=O)(=O)O. The summed E-state index contributed by atoms with van der Waals surface area (Å²) < 4.78 is 39.4. The predicted molar refractivity (Wildman–Crippen MR) is 146 cm³/mol. The summed E-state index contributed by atoms with van der Waals surface area (Å²) in [5.74, 6) is -0.835. The van der Waals surface area contributed by atoms with Crippen molar-refractivity contribution in [2.24, 2.45) is 10.2 Å². The lowest BCUT2D eigenvalue weighted by atomic mass is 10.0. The molecule has 4 rings (SSSR count). The number of phenols is 1. The van der Waals surface area contributed by atoms with E-state index < -0.39 is 26.7 Å². The molecule has 0 aromatic heterocycles. The van der Waals surface area contributed by atoms with Crippen LogP contribution in [0.1, 0.15) is 22.8 Å². The molecule has 0 bridgehead atoms. The lowest BCUT2D eigenvalue weighted by molar-refractivity contribution is 0.102. The van der Waals surface area contributed by atoms with Crippen LogP contribution in [0.4, 0.5) is 17.1 Å². The van der Waals surface area contributed by atoms with Crippen LogP contribution in [0.25, 0.3) is 10.8 Å². The molecular weight excluding hydrogens is 553 g/mol. The normalized spacial score (nSPS) is 11.7. The van der Waals surface area contributed by atoms with Crippen LogP contribution < -0.4 is 10.1 Å². The van der Waals surface area contributed by atoms with Gasteiger partial charge in [0.2, 0.25) is 0 Å². The van der Waals surface area contributed by atoms with Crippen LogP contribution in [0.2, 0.25) is 10.0 Å². The number of nitrogens with zero attached hydrogens (tertiary/aromatic N) is 2. The molecule has 0 saturated heterocycles. The van der Waals surface area contributed by atoms with Gasteiger partial charge in [0.05, 0.1) is 18.4 Å². The topological polar surface area (TPSA) is 138 Å². The molecule has 0 fully saturated rings. The van der Waals surface area contributed by atoms with E-state index in [1.54, 1.807) is 43.3 Å². The van der Waals surface area contributed by atoms with Gasteiger partial charge < -0.3 is 15.2 Å². The second-order valence-corrected chi connectivity index (χ2v) is 10.2. The molecule has 0 heterocycles. The van der Waals surface area contributed by atoms with Gasteiger partial charge in [-0.15, -0.1) is 10.2 Å². The Bertz CT molecular complexity index is 1710. The third-order valence-electron chi connectivity index (χ3n) is 5.70. The van der Waals surface area contributed by atoms with Crippen LogP contribution in [0.15, 0.2) is 75.8 Å². The van der Waals surface area contributed by atoms with Crippen molar-refractivity contribution in [2.75, 3.05) is 12.4 Å². The number of carbonyl (C=O) groups excluding carboxylic acids is 1. The highest BCUT2D eigenvalue weighted by Crippen LogP contribution is 2.41. The first kappa shape index (κ1) is 27.3. The highest BCUT2D eigenvalue weighted by molar-refractivity contribution is 7.86. The number of hydrogen-bond acceptors (Lipinski definition) is 7. The number of rotatable bonds is 7. The third-order valence-corrected chi connectivity index (χ3v) is 7.26. The maximum absolute atomic E-state index is 13.2. The quantitative estimate of drug-likeness (QED) is 0.156. The number of fused-ring (bicyclic) bond motifs is 1. The Morgan fingerprint density at radius 2 is 1.79 bits per heavy atom. The van der Waals surface area contributed by atoms with Gasteiger partial charge in [0, 0.05) is 21.5 Å². The second-order valence-electron chi connectivity index (χ2n) is 8.04. The Balaban J connectivity index is 1.85. The van der Waals surface area contributed by atoms with Crippen LogP contribution in [-0.2, 0) is 16.5 Å². The summed E-state index contributed by atoms with van der Waals surface area (Å²) in [6.07, 6.45) is 0.204. The summed E-state index contributed by atoms with van der Waals surface area (Å²) >= 11 is 12.1. The number of halogens is 2. The van der Waals surface area contributed by atoms with Gasteiger partial charge in [-0.3, -0.25) is 9.35 Å². The molecule has 38 heavy (non-hydrogen) atoms. The molecule has 0 aliphatic carbocycles. The van der Waals surface area contributed by atoms with E-state index in [1.165, 1.54) is 31.4 Å². The molecule has 0 spiro atoms. The van der Waals surface area contributed by atoms with E-state index in [9.17, 15) is 22.9 Å². The van der Waals surface area contributed by atoms with Gasteiger partial charge in [0.1, 0.15) is 22.0 Å². The molecular formula is C26H21Cl2N3O6S. The minimum Gasteiger partial charge on any atom is -0.505 e. The third kappa shape index (κ3) is 5.44. The van der Waals surface area contributed by atoms with Crippen molar-refractivity contribution in [3.05, 3.63) is 81.8 Å². The minimum atomic E-state index is -4.71. The second kappa shape index (κ2) is 11.0. The number of amides is 1. The molecule has 0 atom stereocenters. The standard InChI is InChI=1S/C26H21Cl2N3O6S/c1-3-16-19(28)9-11-21(25(16)38(34,35)36)30-31-23-17-7-5-4-6-14(17)12-18(24(23)32)26(33)29-20-10-8-15(27)13-22(20)37-2/h4-13,32H,3H2,1-2H3,(H,29,33)(H,34,35,36). The number of ether oxygens (including phenoxy) is 1. The number of benzene rings is 4. The molecule has 9 nitrogen and oxygen atoms in total. The van der Waals surface area contributed by atoms with E-state index in [0.717, 1.165) is 0 Å². The molecule has 4 aromatic carbocycles. The summed E-state index contributed by atoms with van der Waals surface area (Å²) in [6.45, 7) is 1.67. The molecule has 0 unspecified atom stereocenters. The van der Waals surface area contributed by atoms with Gasteiger partial charge in [0.15, 0.2) is 5.75 Å². The van der Waals surface area contributed by atoms with Crippen molar-refractivity contribution >= 4 is 67.1 Å². The van der Waals surface area contributed by atoms with E-state index in [-0.39, 0.29) is 33.9 Å². The molecule has 196 valence electrons. The zero-order valence-electron chi connectivity index (χ0n) is 20.1. The van der Waals surface area contributed by atoms with Crippen LogP contribution in [0.5, 0.6) is 11.5 Å². The van der Waals surface area contributed by atoms with Crippen LogP contribution in [-0.4, -0.2) is 31.1 Å². The summed E-state index contributed by atoms with van der Waals surface area (Å²) in [7, 11) is -3.28. The number of methoxy groups -OCH3 is 1. The van der Waals surface area contributed by atoms with Gasteiger partial charge in [-0.05, 0) is 47.7 Å². The van der Waals surface area contributed by atoms with Crippen molar-refractivity contribution in [3.8, 4) is 11.5 Å². The van der Waals surface area contributed by atoms with Gasteiger partial charge in [0.25, 0.3) is 16.0 Å². The van der Waals surface area contributed by atoms with Gasteiger partial charge in [-0.1, -0.05) is 54.4 Å². The molecule has 0 aliphatic heterocycles. The number of phenolic OH excluding ortho intramolecular Hbond substituents is 1. The van der Waals surface area contributed by atoms with Crippen LogP contribution >= 0.6 is 23.2 Å². The minimum absolute atomic E-state index is 0.0781. The first-order valence-corrected chi connectivity index (χ1v) is 13.3. The monoisotopic (exact) mass is 573 g/mol. The number of hydrogen-bond donors (Lipinski definition) is 3. The fraction of sp³-hybridized carbons (Fsp3) is 0.115. The molecule has 12 heteroatoms. The van der Waals surface area contributed by atoms with E-state index in [1.807, 2.05) is 0 Å². The zero-order valence-corrected chi connectivity index (χ0v) is 22.4. The Morgan fingerprint density at radius 1 is 1.05 bits per heavy atom.